The Bertz CT molecular complexity index is 1050. The molecule has 0 saturated carbocycles. The third-order valence-corrected chi connectivity index (χ3v) is 7.49. The number of nitrogens with one attached hydrogen (secondary N) is 1. The molecule has 0 radical (unpaired) electrons. The molecule has 1 heterocycles. The number of benzene rings is 2. The fourth-order valence-electron chi connectivity index (χ4n) is 3.78. The van der Waals surface area contributed by atoms with Crippen molar-refractivity contribution in [3.05, 3.63) is 71.3 Å². The molecule has 1 fully saturated rings. The van der Waals surface area contributed by atoms with Gasteiger partial charge in [0.25, 0.3) is 5.91 Å². The second-order valence-electron chi connectivity index (χ2n) is 8.53. The Morgan fingerprint density at radius 3 is 2.22 bits per heavy atom. The first kappa shape index (κ1) is 23.9. The number of rotatable bonds is 7. The SMILES string of the molecule is Cc1cccc(C(=O)N[C@H](C(=O)N2CCN(S(=O)(=O)Cc3ccccc3)CC2)C(C)C)c1. The molecule has 2 amide bonds. The summed E-state index contributed by atoms with van der Waals surface area (Å²) in [5, 5.41) is 2.87. The van der Waals surface area contributed by atoms with Gasteiger partial charge in [0.15, 0.2) is 0 Å². The maximum absolute atomic E-state index is 13.2. The zero-order valence-corrected chi connectivity index (χ0v) is 19.6. The number of hydrogen-bond acceptors (Lipinski definition) is 4. The Hall–Kier alpha value is -2.71. The Labute approximate surface area is 190 Å². The van der Waals surface area contributed by atoms with Crippen molar-refractivity contribution in [3.63, 3.8) is 0 Å². The lowest BCUT2D eigenvalue weighted by atomic mass is 10.0. The van der Waals surface area contributed by atoms with Crippen molar-refractivity contribution in [1.82, 2.24) is 14.5 Å². The van der Waals surface area contributed by atoms with Crippen LogP contribution in [0, 0.1) is 12.8 Å². The molecule has 0 spiro atoms. The molecule has 1 saturated heterocycles. The molecule has 0 aromatic heterocycles. The number of hydrogen-bond donors (Lipinski definition) is 1. The Morgan fingerprint density at radius 1 is 0.969 bits per heavy atom. The van der Waals surface area contributed by atoms with Crippen molar-refractivity contribution in [3.8, 4) is 0 Å². The minimum atomic E-state index is -3.46. The van der Waals surface area contributed by atoms with Crippen LogP contribution in [0.5, 0.6) is 0 Å². The summed E-state index contributed by atoms with van der Waals surface area (Å²) in [5.41, 5.74) is 2.22. The van der Waals surface area contributed by atoms with E-state index in [1.165, 1.54) is 4.31 Å². The number of nitrogens with zero attached hydrogens (tertiary/aromatic N) is 2. The monoisotopic (exact) mass is 457 g/mol. The van der Waals surface area contributed by atoms with Crippen LogP contribution in [0.4, 0.5) is 0 Å². The first-order valence-corrected chi connectivity index (χ1v) is 12.5. The zero-order valence-electron chi connectivity index (χ0n) is 18.8. The maximum Gasteiger partial charge on any atom is 0.251 e. The fourth-order valence-corrected chi connectivity index (χ4v) is 5.30. The molecule has 1 aliphatic rings. The zero-order chi connectivity index (χ0) is 23.3. The third kappa shape index (κ3) is 5.95. The number of aryl methyl sites for hydroxylation is 1. The predicted molar refractivity (Wildman–Crippen MR) is 124 cm³/mol. The van der Waals surface area contributed by atoms with Gasteiger partial charge in [-0.2, -0.15) is 4.31 Å². The molecule has 32 heavy (non-hydrogen) atoms. The van der Waals surface area contributed by atoms with Crippen LogP contribution < -0.4 is 5.32 Å². The van der Waals surface area contributed by atoms with Gasteiger partial charge >= 0.3 is 0 Å². The van der Waals surface area contributed by atoms with Crippen LogP contribution in [0.2, 0.25) is 0 Å². The molecule has 0 aliphatic carbocycles. The molecular weight excluding hydrogens is 426 g/mol. The van der Waals surface area contributed by atoms with Crippen molar-refractivity contribution in [2.45, 2.75) is 32.6 Å². The lowest BCUT2D eigenvalue weighted by Crippen LogP contribution is -2.57. The van der Waals surface area contributed by atoms with E-state index >= 15 is 0 Å². The van der Waals surface area contributed by atoms with Gasteiger partial charge in [0.2, 0.25) is 15.9 Å². The van der Waals surface area contributed by atoms with Crippen LogP contribution in [0.25, 0.3) is 0 Å². The Balaban J connectivity index is 1.61. The highest BCUT2D eigenvalue weighted by atomic mass is 32.2. The number of carbonyl (C=O) groups excluding carboxylic acids is 2. The number of sulfonamides is 1. The maximum atomic E-state index is 13.2. The molecule has 1 aliphatic heterocycles. The third-order valence-electron chi connectivity index (χ3n) is 5.64. The second kappa shape index (κ2) is 10.3. The Kier molecular flexibility index (Phi) is 7.69. The summed E-state index contributed by atoms with van der Waals surface area (Å²) in [6, 6.07) is 15.6. The van der Waals surface area contributed by atoms with Gasteiger partial charge in [0.05, 0.1) is 5.75 Å². The second-order valence-corrected chi connectivity index (χ2v) is 10.5. The van der Waals surface area contributed by atoms with Crippen LogP contribution >= 0.6 is 0 Å². The summed E-state index contributed by atoms with van der Waals surface area (Å²) >= 11 is 0. The quantitative estimate of drug-likeness (QED) is 0.692. The molecule has 2 aromatic rings. The lowest BCUT2D eigenvalue weighted by Gasteiger charge is -2.36. The van der Waals surface area contributed by atoms with Crippen molar-refractivity contribution in [2.75, 3.05) is 26.2 Å². The van der Waals surface area contributed by atoms with Crippen molar-refractivity contribution in [2.24, 2.45) is 5.92 Å². The van der Waals surface area contributed by atoms with Crippen molar-refractivity contribution in [1.29, 1.82) is 0 Å². The Morgan fingerprint density at radius 2 is 1.62 bits per heavy atom. The molecule has 1 N–H and O–H groups in total. The molecule has 0 bridgehead atoms. The summed E-state index contributed by atoms with van der Waals surface area (Å²) in [6.07, 6.45) is 0. The van der Waals surface area contributed by atoms with E-state index < -0.39 is 16.1 Å². The highest BCUT2D eigenvalue weighted by Crippen LogP contribution is 2.16. The van der Waals surface area contributed by atoms with Gasteiger partial charge in [-0.1, -0.05) is 61.9 Å². The first-order valence-electron chi connectivity index (χ1n) is 10.9. The summed E-state index contributed by atoms with van der Waals surface area (Å²) in [7, 11) is -3.46. The normalized spacial score (nSPS) is 16.1. The van der Waals surface area contributed by atoms with Gasteiger partial charge in [-0.25, -0.2) is 8.42 Å². The van der Waals surface area contributed by atoms with E-state index in [1.54, 1.807) is 29.2 Å². The molecule has 7 nitrogen and oxygen atoms in total. The van der Waals surface area contributed by atoms with Crippen molar-refractivity contribution < 1.29 is 18.0 Å². The van der Waals surface area contributed by atoms with Crippen molar-refractivity contribution >= 4 is 21.8 Å². The highest BCUT2D eigenvalue weighted by Gasteiger charge is 2.33. The van der Waals surface area contributed by atoms with E-state index in [0.717, 1.165) is 11.1 Å². The number of amides is 2. The molecule has 2 aromatic carbocycles. The summed E-state index contributed by atoms with van der Waals surface area (Å²) in [4.78, 5) is 27.5. The van der Waals surface area contributed by atoms with Crippen LogP contribution in [0.15, 0.2) is 54.6 Å². The van der Waals surface area contributed by atoms with Crippen LogP contribution in [0.3, 0.4) is 0 Å². The number of piperazine rings is 1. The summed E-state index contributed by atoms with van der Waals surface area (Å²) in [6.45, 7) is 6.79. The average Bonchev–Trinajstić information content (AvgIpc) is 2.77. The highest BCUT2D eigenvalue weighted by molar-refractivity contribution is 7.88. The van der Waals surface area contributed by atoms with Gasteiger partial charge in [0.1, 0.15) is 6.04 Å². The van der Waals surface area contributed by atoms with Crippen LogP contribution in [-0.4, -0.2) is 61.7 Å². The topological polar surface area (TPSA) is 86.8 Å². The van der Waals surface area contributed by atoms with Gasteiger partial charge in [-0.3, -0.25) is 9.59 Å². The number of carbonyl (C=O) groups is 2. The van der Waals surface area contributed by atoms with E-state index in [2.05, 4.69) is 5.32 Å². The molecule has 172 valence electrons. The predicted octanol–water partition coefficient (Wildman–Crippen LogP) is 2.42. The minimum absolute atomic E-state index is 0.0526. The summed E-state index contributed by atoms with van der Waals surface area (Å²) < 4.78 is 27.0. The molecule has 8 heteroatoms. The lowest BCUT2D eigenvalue weighted by molar-refractivity contribution is -0.135. The molecule has 0 unspecified atom stereocenters. The average molecular weight is 458 g/mol. The largest absolute Gasteiger partial charge is 0.340 e. The van der Waals surface area contributed by atoms with E-state index in [9.17, 15) is 18.0 Å². The standard InChI is InChI=1S/C24H31N3O4S/c1-18(2)22(25-23(28)21-11-7-8-19(3)16-21)24(29)26-12-14-27(15-13-26)32(30,31)17-20-9-5-4-6-10-20/h4-11,16,18,22H,12-15,17H2,1-3H3,(H,25,28)/t22-/m0/s1. The summed E-state index contributed by atoms with van der Waals surface area (Å²) in [5.74, 6) is -0.620. The minimum Gasteiger partial charge on any atom is -0.340 e. The van der Waals surface area contributed by atoms with E-state index in [1.807, 2.05) is 51.1 Å². The van der Waals surface area contributed by atoms with E-state index in [-0.39, 0.29) is 36.6 Å². The van der Waals surface area contributed by atoms with E-state index in [4.69, 9.17) is 0 Å². The van der Waals surface area contributed by atoms with E-state index in [0.29, 0.717) is 18.7 Å². The van der Waals surface area contributed by atoms with Crippen LogP contribution in [-0.2, 0) is 20.6 Å². The van der Waals surface area contributed by atoms with Gasteiger partial charge in [-0.05, 0) is 30.5 Å². The molecule has 3 rings (SSSR count). The molecular formula is C24H31N3O4S. The van der Waals surface area contributed by atoms with Gasteiger partial charge in [0, 0.05) is 31.7 Å². The molecule has 1 atom stereocenters. The fraction of sp³-hybridized carbons (Fsp3) is 0.417. The first-order chi connectivity index (χ1) is 15.2. The van der Waals surface area contributed by atoms with Gasteiger partial charge < -0.3 is 10.2 Å². The van der Waals surface area contributed by atoms with Crippen LogP contribution in [0.1, 0.15) is 35.3 Å². The smallest absolute Gasteiger partial charge is 0.251 e. The van der Waals surface area contributed by atoms with Gasteiger partial charge in [-0.15, -0.1) is 0 Å².